The van der Waals surface area contributed by atoms with Gasteiger partial charge in [-0.25, -0.2) is 4.98 Å². The lowest BCUT2D eigenvalue weighted by Crippen LogP contribution is -2.23. The van der Waals surface area contributed by atoms with Crippen molar-refractivity contribution in [3.05, 3.63) is 35.2 Å². The highest BCUT2D eigenvalue weighted by Gasteiger charge is 2.03. The number of carbonyl (C=O) groups is 1. The number of hydrogen-bond donors (Lipinski definition) is 1. The molecule has 2 aromatic rings. The smallest absolute Gasteiger partial charge is 0.319 e. The van der Waals surface area contributed by atoms with Gasteiger partial charge in [-0.1, -0.05) is 11.6 Å². The maximum absolute atomic E-state index is 10.9. The monoisotopic (exact) mass is 253 g/mol. The van der Waals surface area contributed by atoms with E-state index in [4.69, 9.17) is 11.6 Å². The first-order valence-electron chi connectivity index (χ1n) is 5.09. The molecule has 0 unspecified atom stereocenters. The van der Waals surface area contributed by atoms with Gasteiger partial charge < -0.3 is 14.5 Å². The SMILES string of the molecule is COC(=O)CNCc1cn2cc(Cl)ccc2n1. The van der Waals surface area contributed by atoms with Crippen molar-refractivity contribution in [2.45, 2.75) is 6.54 Å². The maximum atomic E-state index is 10.9. The third-order valence-corrected chi connectivity index (χ3v) is 2.49. The van der Waals surface area contributed by atoms with Gasteiger partial charge >= 0.3 is 5.97 Å². The Labute approximate surface area is 103 Å². The molecule has 2 heterocycles. The quantitative estimate of drug-likeness (QED) is 0.834. The van der Waals surface area contributed by atoms with Crippen LogP contribution in [-0.4, -0.2) is 29.0 Å². The number of hydrogen-bond acceptors (Lipinski definition) is 4. The molecule has 0 atom stereocenters. The summed E-state index contributed by atoms with van der Waals surface area (Å²) in [4.78, 5) is 15.3. The molecule has 0 saturated carbocycles. The number of nitrogens with one attached hydrogen (secondary N) is 1. The summed E-state index contributed by atoms with van der Waals surface area (Å²) in [7, 11) is 1.36. The number of halogens is 1. The van der Waals surface area contributed by atoms with Gasteiger partial charge in [0.05, 0.1) is 24.4 Å². The highest BCUT2D eigenvalue weighted by molar-refractivity contribution is 6.30. The Morgan fingerprint density at radius 2 is 2.35 bits per heavy atom. The molecule has 0 aromatic carbocycles. The molecule has 2 aromatic heterocycles. The first-order valence-corrected chi connectivity index (χ1v) is 5.47. The second-order valence-electron chi connectivity index (χ2n) is 3.52. The lowest BCUT2D eigenvalue weighted by atomic mass is 10.4. The van der Waals surface area contributed by atoms with E-state index in [-0.39, 0.29) is 12.5 Å². The van der Waals surface area contributed by atoms with Crippen LogP contribution in [0.5, 0.6) is 0 Å². The minimum Gasteiger partial charge on any atom is -0.468 e. The number of fused-ring (bicyclic) bond motifs is 1. The molecule has 0 aliphatic rings. The molecular formula is C11H12ClN3O2. The number of esters is 1. The molecule has 0 spiro atoms. The molecule has 0 saturated heterocycles. The Balaban J connectivity index is 2.02. The lowest BCUT2D eigenvalue weighted by Gasteiger charge is -1.99. The number of methoxy groups -OCH3 is 1. The van der Waals surface area contributed by atoms with Crippen LogP contribution in [0, 0.1) is 0 Å². The first kappa shape index (κ1) is 11.9. The second kappa shape index (κ2) is 5.16. The molecule has 5 nitrogen and oxygen atoms in total. The van der Waals surface area contributed by atoms with E-state index < -0.39 is 0 Å². The van der Waals surface area contributed by atoms with Gasteiger partial charge in [-0.3, -0.25) is 4.79 Å². The van der Waals surface area contributed by atoms with E-state index in [1.54, 1.807) is 12.3 Å². The molecule has 0 bridgehead atoms. The van der Waals surface area contributed by atoms with Crippen molar-refractivity contribution in [2.24, 2.45) is 0 Å². The average Bonchev–Trinajstić information content (AvgIpc) is 2.70. The van der Waals surface area contributed by atoms with Gasteiger partial charge in [0.2, 0.25) is 0 Å². The number of nitrogens with zero attached hydrogens (tertiary/aromatic N) is 2. The van der Waals surface area contributed by atoms with Gasteiger partial charge in [0.15, 0.2) is 0 Å². The molecule has 2 rings (SSSR count). The van der Waals surface area contributed by atoms with E-state index in [9.17, 15) is 4.79 Å². The molecule has 90 valence electrons. The molecule has 0 amide bonds. The van der Waals surface area contributed by atoms with Gasteiger partial charge in [-0.2, -0.15) is 0 Å². The maximum Gasteiger partial charge on any atom is 0.319 e. The van der Waals surface area contributed by atoms with Crippen molar-refractivity contribution in [1.29, 1.82) is 0 Å². The van der Waals surface area contributed by atoms with Gasteiger partial charge in [-0.05, 0) is 12.1 Å². The lowest BCUT2D eigenvalue weighted by molar-refractivity contribution is -0.139. The van der Waals surface area contributed by atoms with Gasteiger partial charge in [0, 0.05) is 18.9 Å². The standard InChI is InChI=1S/C11H12ClN3O2/c1-17-11(16)5-13-4-9-7-15-6-8(12)2-3-10(15)14-9/h2-3,6-7,13H,4-5H2,1H3. The molecule has 0 aliphatic carbocycles. The average molecular weight is 254 g/mol. The molecule has 0 radical (unpaired) electrons. The van der Waals surface area contributed by atoms with E-state index in [0.717, 1.165) is 11.3 Å². The number of imidazole rings is 1. The predicted molar refractivity (Wildman–Crippen MR) is 63.9 cm³/mol. The Morgan fingerprint density at radius 1 is 1.53 bits per heavy atom. The topological polar surface area (TPSA) is 55.6 Å². The van der Waals surface area contributed by atoms with Crippen molar-refractivity contribution in [2.75, 3.05) is 13.7 Å². The van der Waals surface area contributed by atoms with E-state index >= 15 is 0 Å². The summed E-state index contributed by atoms with van der Waals surface area (Å²) >= 11 is 5.87. The first-order chi connectivity index (χ1) is 8.19. The van der Waals surface area contributed by atoms with Crippen LogP contribution < -0.4 is 5.32 Å². The Morgan fingerprint density at radius 3 is 3.12 bits per heavy atom. The molecule has 1 N–H and O–H groups in total. The Bertz CT molecular complexity index is 538. The minimum absolute atomic E-state index is 0.172. The van der Waals surface area contributed by atoms with Crippen molar-refractivity contribution in [3.8, 4) is 0 Å². The van der Waals surface area contributed by atoms with Crippen molar-refractivity contribution in [1.82, 2.24) is 14.7 Å². The summed E-state index contributed by atoms with van der Waals surface area (Å²) in [6.07, 6.45) is 3.65. The number of rotatable bonds is 4. The fraction of sp³-hybridized carbons (Fsp3) is 0.273. The number of ether oxygens (including phenoxy) is 1. The summed E-state index contributed by atoms with van der Waals surface area (Å²) in [5.41, 5.74) is 1.67. The van der Waals surface area contributed by atoms with E-state index in [0.29, 0.717) is 11.6 Å². The van der Waals surface area contributed by atoms with Crippen LogP contribution in [0.25, 0.3) is 5.65 Å². The zero-order valence-electron chi connectivity index (χ0n) is 9.31. The minimum atomic E-state index is -0.295. The molecule has 0 aliphatic heterocycles. The molecule has 17 heavy (non-hydrogen) atoms. The largest absolute Gasteiger partial charge is 0.468 e. The Hall–Kier alpha value is -1.59. The van der Waals surface area contributed by atoms with Crippen LogP contribution in [0.4, 0.5) is 0 Å². The second-order valence-corrected chi connectivity index (χ2v) is 3.96. The van der Waals surface area contributed by atoms with Crippen LogP contribution in [-0.2, 0) is 16.1 Å². The summed E-state index contributed by atoms with van der Waals surface area (Å²) in [5, 5.41) is 3.60. The van der Waals surface area contributed by atoms with Crippen LogP contribution in [0.15, 0.2) is 24.5 Å². The number of aromatic nitrogens is 2. The third kappa shape index (κ3) is 2.95. The van der Waals surface area contributed by atoms with Crippen molar-refractivity contribution < 1.29 is 9.53 Å². The van der Waals surface area contributed by atoms with E-state index in [2.05, 4.69) is 15.0 Å². The van der Waals surface area contributed by atoms with Crippen molar-refractivity contribution >= 4 is 23.2 Å². The molecular weight excluding hydrogens is 242 g/mol. The van der Waals surface area contributed by atoms with E-state index in [1.807, 2.05) is 16.7 Å². The van der Waals surface area contributed by atoms with E-state index in [1.165, 1.54) is 7.11 Å². The van der Waals surface area contributed by atoms with Crippen molar-refractivity contribution in [3.63, 3.8) is 0 Å². The highest BCUT2D eigenvalue weighted by atomic mass is 35.5. The normalized spacial score (nSPS) is 10.7. The van der Waals surface area contributed by atoms with Crippen LogP contribution in [0.1, 0.15) is 5.69 Å². The molecule has 0 fully saturated rings. The van der Waals surface area contributed by atoms with Gasteiger partial charge in [-0.15, -0.1) is 0 Å². The zero-order chi connectivity index (χ0) is 12.3. The number of pyridine rings is 1. The molecule has 6 heteroatoms. The van der Waals surface area contributed by atoms with Crippen LogP contribution >= 0.6 is 11.6 Å². The summed E-state index contributed by atoms with van der Waals surface area (Å²) in [6, 6.07) is 3.63. The van der Waals surface area contributed by atoms with Crippen LogP contribution in [0.2, 0.25) is 5.02 Å². The fourth-order valence-electron chi connectivity index (χ4n) is 1.47. The fourth-order valence-corrected chi connectivity index (χ4v) is 1.64. The third-order valence-electron chi connectivity index (χ3n) is 2.27. The predicted octanol–water partition coefficient (Wildman–Crippen LogP) is 1.25. The summed E-state index contributed by atoms with van der Waals surface area (Å²) < 4.78 is 6.36. The van der Waals surface area contributed by atoms with Crippen LogP contribution in [0.3, 0.4) is 0 Å². The van der Waals surface area contributed by atoms with Gasteiger partial charge in [0.1, 0.15) is 5.65 Å². The highest BCUT2D eigenvalue weighted by Crippen LogP contribution is 2.11. The van der Waals surface area contributed by atoms with Gasteiger partial charge in [0.25, 0.3) is 0 Å². The Kier molecular flexibility index (Phi) is 3.61. The zero-order valence-corrected chi connectivity index (χ0v) is 10.1. The summed E-state index contributed by atoms with van der Waals surface area (Å²) in [5.74, 6) is -0.295. The number of carbonyl (C=O) groups excluding carboxylic acids is 1. The summed E-state index contributed by atoms with van der Waals surface area (Å²) in [6.45, 7) is 0.680.